The van der Waals surface area contributed by atoms with Crippen molar-refractivity contribution in [3.8, 4) is 0 Å². The second-order valence-corrected chi connectivity index (χ2v) is 4.61. The van der Waals surface area contributed by atoms with Gasteiger partial charge in [0.2, 0.25) is 5.91 Å². The molecule has 0 aromatic rings. The Labute approximate surface area is 94.4 Å². The average molecular weight is 234 g/mol. The maximum absolute atomic E-state index is 11.3. The summed E-state index contributed by atoms with van der Waals surface area (Å²) in [6.45, 7) is -0.356. The molecule has 6 heteroatoms. The van der Waals surface area contributed by atoms with Gasteiger partial charge < -0.3 is 21.3 Å². The number of aliphatic hydroxyl groups is 2. The van der Waals surface area contributed by atoms with Gasteiger partial charge in [0.05, 0.1) is 12.7 Å². The van der Waals surface area contributed by atoms with Gasteiger partial charge in [-0.1, -0.05) is 0 Å². The minimum Gasteiger partial charge on any atom is -0.394 e. The average Bonchev–Trinajstić information content (AvgIpc) is 2.22. The lowest BCUT2D eigenvalue weighted by atomic mass is 9.92. The van der Waals surface area contributed by atoms with E-state index in [2.05, 4.69) is 17.9 Å². The highest BCUT2D eigenvalue weighted by Crippen LogP contribution is 2.23. The summed E-state index contributed by atoms with van der Waals surface area (Å²) in [6, 6.07) is -0.865. The maximum Gasteiger partial charge on any atom is 0.239 e. The Morgan fingerprint density at radius 3 is 2.80 bits per heavy atom. The van der Waals surface area contributed by atoms with E-state index < -0.39 is 12.1 Å². The molecule has 4 atom stereocenters. The highest BCUT2D eigenvalue weighted by atomic mass is 32.1. The van der Waals surface area contributed by atoms with Crippen LogP contribution in [0.4, 0.5) is 0 Å². The molecule has 0 aromatic carbocycles. The highest BCUT2D eigenvalue weighted by Gasteiger charge is 2.28. The van der Waals surface area contributed by atoms with E-state index in [0.29, 0.717) is 12.8 Å². The lowest BCUT2D eigenvalue weighted by Gasteiger charge is -2.31. The summed E-state index contributed by atoms with van der Waals surface area (Å²) in [7, 11) is 0. The minimum absolute atomic E-state index is 0.000926. The van der Waals surface area contributed by atoms with Gasteiger partial charge in [-0.05, 0) is 19.3 Å². The second-order valence-electron chi connectivity index (χ2n) is 3.94. The molecule has 0 spiro atoms. The second kappa shape index (κ2) is 5.69. The Balaban J connectivity index is 2.36. The van der Waals surface area contributed by atoms with Crippen molar-refractivity contribution in [2.24, 2.45) is 5.73 Å². The third-order valence-electron chi connectivity index (χ3n) is 2.66. The first-order valence-electron chi connectivity index (χ1n) is 5.07. The van der Waals surface area contributed by atoms with Crippen molar-refractivity contribution in [2.45, 2.75) is 42.7 Å². The summed E-state index contributed by atoms with van der Waals surface area (Å²) in [5, 5.41) is 20.8. The molecule has 1 rings (SSSR count). The third-order valence-corrected chi connectivity index (χ3v) is 3.22. The van der Waals surface area contributed by atoms with Gasteiger partial charge in [0, 0.05) is 11.3 Å². The number of hydrogen-bond acceptors (Lipinski definition) is 5. The van der Waals surface area contributed by atoms with Gasteiger partial charge in [-0.3, -0.25) is 4.79 Å². The van der Waals surface area contributed by atoms with Crippen LogP contribution in [0.15, 0.2) is 0 Å². The monoisotopic (exact) mass is 234 g/mol. The van der Waals surface area contributed by atoms with Crippen molar-refractivity contribution in [3.63, 3.8) is 0 Å². The fourth-order valence-corrected chi connectivity index (χ4v) is 2.06. The first-order chi connectivity index (χ1) is 7.04. The topological polar surface area (TPSA) is 95.6 Å². The van der Waals surface area contributed by atoms with Crippen LogP contribution in [-0.2, 0) is 4.79 Å². The lowest BCUT2D eigenvalue weighted by Crippen LogP contribution is -2.50. The van der Waals surface area contributed by atoms with Crippen LogP contribution >= 0.6 is 12.6 Å². The van der Waals surface area contributed by atoms with Gasteiger partial charge in [0.25, 0.3) is 0 Å². The molecule has 1 fully saturated rings. The third kappa shape index (κ3) is 3.64. The first-order valence-corrected chi connectivity index (χ1v) is 5.59. The number of thiol groups is 1. The van der Waals surface area contributed by atoms with E-state index >= 15 is 0 Å². The molecule has 1 amide bonds. The quantitative estimate of drug-likeness (QED) is 0.390. The minimum atomic E-state index is -0.866. The summed E-state index contributed by atoms with van der Waals surface area (Å²) in [5.41, 5.74) is 5.37. The molecule has 0 aromatic heterocycles. The fraction of sp³-hybridized carbons (Fsp3) is 0.889. The van der Waals surface area contributed by atoms with E-state index in [1.165, 1.54) is 0 Å². The number of nitrogens with two attached hydrogens (primary N) is 1. The van der Waals surface area contributed by atoms with Crippen LogP contribution in [0.1, 0.15) is 19.3 Å². The van der Waals surface area contributed by atoms with E-state index in [1.807, 2.05) is 0 Å². The number of amides is 1. The van der Waals surface area contributed by atoms with Gasteiger partial charge in [-0.15, -0.1) is 0 Å². The molecule has 1 aliphatic carbocycles. The molecule has 0 heterocycles. The van der Waals surface area contributed by atoms with Gasteiger partial charge in [-0.2, -0.15) is 12.6 Å². The van der Waals surface area contributed by atoms with Crippen LogP contribution in [0.3, 0.4) is 0 Å². The Kier molecular flexibility index (Phi) is 4.85. The number of hydrogen-bond donors (Lipinski definition) is 5. The Morgan fingerprint density at radius 2 is 2.27 bits per heavy atom. The van der Waals surface area contributed by atoms with E-state index in [9.17, 15) is 9.90 Å². The summed E-state index contributed by atoms with van der Waals surface area (Å²) in [4.78, 5) is 11.3. The highest BCUT2D eigenvalue weighted by molar-refractivity contribution is 7.81. The molecule has 0 unspecified atom stereocenters. The van der Waals surface area contributed by atoms with Crippen LogP contribution in [0.5, 0.6) is 0 Å². The van der Waals surface area contributed by atoms with Crippen LogP contribution < -0.4 is 11.1 Å². The van der Waals surface area contributed by atoms with Crippen molar-refractivity contribution in [1.82, 2.24) is 5.32 Å². The summed E-state index contributed by atoms with van der Waals surface area (Å²) >= 11 is 4.23. The van der Waals surface area contributed by atoms with Crippen molar-refractivity contribution in [2.75, 3.05) is 6.61 Å². The van der Waals surface area contributed by atoms with Gasteiger partial charge in [-0.25, -0.2) is 0 Å². The van der Waals surface area contributed by atoms with Gasteiger partial charge in [0.1, 0.15) is 6.04 Å². The molecule has 0 radical (unpaired) electrons. The first kappa shape index (κ1) is 12.8. The summed E-state index contributed by atoms with van der Waals surface area (Å²) in [6.07, 6.45) is 1.59. The zero-order chi connectivity index (χ0) is 11.4. The molecule has 5 N–H and O–H groups in total. The van der Waals surface area contributed by atoms with E-state index in [-0.39, 0.29) is 23.8 Å². The molecule has 0 aliphatic heterocycles. The predicted molar refractivity (Wildman–Crippen MR) is 59.6 cm³/mol. The molecular weight excluding hydrogens is 216 g/mol. The molecule has 15 heavy (non-hydrogen) atoms. The lowest BCUT2D eigenvalue weighted by molar-refractivity contribution is -0.124. The van der Waals surface area contributed by atoms with Crippen molar-refractivity contribution >= 4 is 18.5 Å². The number of rotatable bonds is 3. The Morgan fingerprint density at radius 1 is 1.60 bits per heavy atom. The van der Waals surface area contributed by atoms with E-state index in [1.54, 1.807) is 0 Å². The molecule has 0 bridgehead atoms. The Hall–Kier alpha value is -0.300. The smallest absolute Gasteiger partial charge is 0.239 e. The molecule has 1 saturated carbocycles. The Bertz CT molecular complexity index is 227. The zero-order valence-electron chi connectivity index (χ0n) is 8.47. The molecular formula is C9H18N2O3S. The molecule has 1 aliphatic rings. The SMILES string of the molecule is N[C@H](CO)C(=O)N[C@H]1CC[C@H](O)[C@@H](S)C1. The molecule has 88 valence electrons. The van der Waals surface area contributed by atoms with Gasteiger partial charge >= 0.3 is 0 Å². The predicted octanol–water partition coefficient (Wildman–Crippen LogP) is -1.37. The van der Waals surface area contributed by atoms with Crippen LogP contribution in [0.25, 0.3) is 0 Å². The molecule has 0 saturated heterocycles. The normalized spacial score (nSPS) is 33.5. The summed E-state index contributed by atoms with van der Waals surface area (Å²) in [5.74, 6) is -0.348. The number of carbonyl (C=O) groups excluding carboxylic acids is 1. The maximum atomic E-state index is 11.3. The number of carbonyl (C=O) groups is 1. The number of nitrogens with one attached hydrogen (secondary N) is 1. The van der Waals surface area contributed by atoms with Crippen LogP contribution in [-0.4, -0.2) is 46.2 Å². The van der Waals surface area contributed by atoms with Crippen molar-refractivity contribution < 1.29 is 15.0 Å². The number of aliphatic hydroxyl groups excluding tert-OH is 2. The van der Waals surface area contributed by atoms with Crippen molar-refractivity contribution in [1.29, 1.82) is 0 Å². The van der Waals surface area contributed by atoms with E-state index in [4.69, 9.17) is 10.8 Å². The summed E-state index contributed by atoms with van der Waals surface area (Å²) < 4.78 is 0. The zero-order valence-corrected chi connectivity index (χ0v) is 9.36. The fourth-order valence-electron chi connectivity index (χ4n) is 1.65. The standard InChI is InChI=1S/C9H18N2O3S/c10-6(4-12)9(14)11-5-1-2-7(13)8(15)3-5/h5-8,12-13,15H,1-4,10H2,(H,11,14)/t5-,6+,7-,8-/m0/s1. The van der Waals surface area contributed by atoms with Crippen molar-refractivity contribution in [3.05, 3.63) is 0 Å². The van der Waals surface area contributed by atoms with E-state index in [0.717, 1.165) is 6.42 Å². The van der Waals surface area contributed by atoms with Gasteiger partial charge in [0.15, 0.2) is 0 Å². The largest absolute Gasteiger partial charge is 0.394 e. The molecule has 5 nitrogen and oxygen atoms in total. The van der Waals surface area contributed by atoms with Crippen LogP contribution in [0.2, 0.25) is 0 Å². The van der Waals surface area contributed by atoms with Crippen LogP contribution in [0, 0.1) is 0 Å².